The highest BCUT2D eigenvalue weighted by molar-refractivity contribution is 7.21. The second-order valence-corrected chi connectivity index (χ2v) is 5.26. The smallest absolute Gasteiger partial charge is 0.321 e. The molecular formula is C14H12N6OS. The van der Waals surface area contributed by atoms with Crippen LogP contribution >= 0.6 is 11.3 Å². The van der Waals surface area contributed by atoms with Gasteiger partial charge in [-0.25, -0.2) is 14.8 Å². The van der Waals surface area contributed by atoms with E-state index in [-0.39, 0.29) is 6.03 Å². The summed E-state index contributed by atoms with van der Waals surface area (Å²) in [7, 11) is 0. The van der Waals surface area contributed by atoms with Gasteiger partial charge in [0.1, 0.15) is 10.3 Å². The van der Waals surface area contributed by atoms with Gasteiger partial charge in [0.25, 0.3) is 0 Å². The second-order valence-electron chi connectivity index (χ2n) is 4.28. The van der Waals surface area contributed by atoms with E-state index in [4.69, 9.17) is 0 Å². The molecule has 2 N–H and O–H groups in total. The van der Waals surface area contributed by atoms with Gasteiger partial charge < -0.3 is 5.32 Å². The number of nitrogens with one attached hydrogen (secondary N) is 2. The second kappa shape index (κ2) is 6.27. The lowest BCUT2D eigenvalue weighted by molar-refractivity contribution is 0.253. The number of fused-ring (bicyclic) bond motifs is 1. The summed E-state index contributed by atoms with van der Waals surface area (Å²) in [5, 5.41) is 5.78. The van der Waals surface area contributed by atoms with Crippen LogP contribution < -0.4 is 10.6 Å². The van der Waals surface area contributed by atoms with Crippen molar-refractivity contribution in [2.45, 2.75) is 0 Å². The van der Waals surface area contributed by atoms with Gasteiger partial charge in [-0.1, -0.05) is 17.4 Å². The van der Waals surface area contributed by atoms with Gasteiger partial charge >= 0.3 is 6.03 Å². The number of thiazole rings is 1. The Kier molecular flexibility index (Phi) is 4.01. The molecule has 22 heavy (non-hydrogen) atoms. The van der Waals surface area contributed by atoms with Gasteiger partial charge in [-0.3, -0.25) is 15.3 Å². The molecule has 0 aliphatic rings. The highest BCUT2D eigenvalue weighted by Gasteiger charge is 2.09. The zero-order valence-electron chi connectivity index (χ0n) is 11.5. The van der Waals surface area contributed by atoms with E-state index in [2.05, 4.69) is 37.1 Å². The van der Waals surface area contributed by atoms with Gasteiger partial charge in [0, 0.05) is 30.7 Å². The molecule has 0 radical (unpaired) electrons. The number of amides is 2. The molecule has 3 aromatic heterocycles. The summed E-state index contributed by atoms with van der Waals surface area (Å²) in [6.07, 6.45) is 8.22. The summed E-state index contributed by atoms with van der Waals surface area (Å²) >= 11 is 1.31. The molecule has 0 atom stereocenters. The third-order valence-electron chi connectivity index (χ3n) is 2.73. The van der Waals surface area contributed by atoms with Crippen LogP contribution in [-0.2, 0) is 0 Å². The van der Waals surface area contributed by atoms with Gasteiger partial charge in [0.15, 0.2) is 5.13 Å². The molecule has 3 rings (SSSR count). The molecule has 8 heteroatoms. The number of aromatic nitrogens is 4. The van der Waals surface area contributed by atoms with Crippen LogP contribution in [0.25, 0.3) is 21.6 Å². The van der Waals surface area contributed by atoms with Crippen molar-refractivity contribution < 1.29 is 4.79 Å². The van der Waals surface area contributed by atoms with Gasteiger partial charge in [-0.2, -0.15) is 0 Å². The van der Waals surface area contributed by atoms with Crippen LogP contribution in [0.3, 0.4) is 0 Å². The Morgan fingerprint density at radius 2 is 2.23 bits per heavy atom. The zero-order chi connectivity index (χ0) is 15.4. The van der Waals surface area contributed by atoms with E-state index < -0.39 is 0 Å². The Hall–Kier alpha value is -2.87. The highest BCUT2D eigenvalue weighted by Crippen LogP contribution is 2.27. The number of carbonyl (C=O) groups excluding carboxylic acids is 1. The van der Waals surface area contributed by atoms with E-state index in [1.807, 2.05) is 6.07 Å². The van der Waals surface area contributed by atoms with Crippen molar-refractivity contribution in [3.05, 3.63) is 43.5 Å². The fourth-order valence-electron chi connectivity index (χ4n) is 1.77. The van der Waals surface area contributed by atoms with Gasteiger partial charge in [0.2, 0.25) is 0 Å². The molecule has 0 aliphatic heterocycles. The molecule has 0 aliphatic carbocycles. The first-order valence-corrected chi connectivity index (χ1v) is 7.26. The Labute approximate surface area is 130 Å². The third kappa shape index (κ3) is 3.07. The molecule has 0 spiro atoms. The molecule has 0 fully saturated rings. The minimum absolute atomic E-state index is 0.326. The van der Waals surface area contributed by atoms with Gasteiger partial charge in [-0.05, 0) is 6.07 Å². The lowest BCUT2D eigenvalue weighted by atomic mass is 10.2. The quantitative estimate of drug-likeness (QED) is 0.722. The lowest BCUT2D eigenvalue weighted by Crippen LogP contribution is -2.28. The van der Waals surface area contributed by atoms with Gasteiger partial charge in [0.05, 0.1) is 11.9 Å². The standard InChI is InChI=1S/C14H12N6OS/c1-2-3-17-13(21)20-14-19-10-6-9(7-18-12(10)22-14)11-8-15-4-5-16-11/h2,4-8H,1,3H2,(H2,17,19,20,21). The third-order valence-corrected chi connectivity index (χ3v) is 3.63. The van der Waals surface area contributed by atoms with Crippen molar-refractivity contribution >= 4 is 32.8 Å². The van der Waals surface area contributed by atoms with Crippen LogP contribution in [0.2, 0.25) is 0 Å². The van der Waals surface area contributed by atoms with Crippen LogP contribution in [0.5, 0.6) is 0 Å². The topological polar surface area (TPSA) is 92.7 Å². The molecule has 3 heterocycles. The van der Waals surface area contributed by atoms with Crippen LogP contribution in [0.1, 0.15) is 0 Å². The number of urea groups is 1. The number of carbonyl (C=O) groups is 1. The number of nitrogens with zero attached hydrogens (tertiary/aromatic N) is 4. The zero-order valence-corrected chi connectivity index (χ0v) is 12.3. The van der Waals surface area contributed by atoms with Crippen LogP contribution in [0, 0.1) is 0 Å². The Bertz CT molecular complexity index is 817. The summed E-state index contributed by atoms with van der Waals surface area (Å²) in [4.78, 5) is 29.3. The van der Waals surface area contributed by atoms with Crippen molar-refractivity contribution in [2.24, 2.45) is 0 Å². The average molecular weight is 312 g/mol. The lowest BCUT2D eigenvalue weighted by Gasteiger charge is -2.00. The van der Waals surface area contributed by atoms with E-state index in [1.54, 1.807) is 30.9 Å². The number of pyridine rings is 1. The first kappa shape index (κ1) is 14.1. The molecule has 0 unspecified atom stereocenters. The maximum absolute atomic E-state index is 11.6. The van der Waals surface area contributed by atoms with E-state index >= 15 is 0 Å². The van der Waals surface area contributed by atoms with Crippen molar-refractivity contribution in [1.29, 1.82) is 0 Å². The van der Waals surface area contributed by atoms with Crippen molar-refractivity contribution in [2.75, 3.05) is 11.9 Å². The fraction of sp³-hybridized carbons (Fsp3) is 0.0714. The SMILES string of the molecule is C=CCNC(=O)Nc1nc2cc(-c3cnccn3)cnc2s1. The molecule has 2 amide bonds. The number of hydrogen-bond donors (Lipinski definition) is 2. The molecule has 3 aromatic rings. The first-order chi connectivity index (χ1) is 10.8. The van der Waals surface area contributed by atoms with Crippen LogP contribution in [0.4, 0.5) is 9.93 Å². The summed E-state index contributed by atoms with van der Waals surface area (Å²) in [6, 6.07) is 1.54. The maximum Gasteiger partial charge on any atom is 0.321 e. The first-order valence-electron chi connectivity index (χ1n) is 6.45. The molecule has 0 aromatic carbocycles. The summed E-state index contributed by atoms with van der Waals surface area (Å²) < 4.78 is 0. The number of rotatable bonds is 4. The Morgan fingerprint density at radius 3 is 3.00 bits per heavy atom. The number of anilines is 1. The summed E-state index contributed by atoms with van der Waals surface area (Å²) in [6.45, 7) is 3.93. The van der Waals surface area contributed by atoms with E-state index in [0.717, 1.165) is 16.1 Å². The Balaban J connectivity index is 1.84. The average Bonchev–Trinajstić information content (AvgIpc) is 2.95. The predicted octanol–water partition coefficient (Wildman–Crippen LogP) is 2.46. The summed E-state index contributed by atoms with van der Waals surface area (Å²) in [5.41, 5.74) is 2.25. The molecule has 0 bridgehead atoms. The Morgan fingerprint density at radius 1 is 1.32 bits per heavy atom. The van der Waals surface area contributed by atoms with Crippen LogP contribution in [0.15, 0.2) is 43.5 Å². The molecular weight excluding hydrogens is 300 g/mol. The molecule has 110 valence electrons. The fourth-order valence-corrected chi connectivity index (χ4v) is 2.56. The minimum Gasteiger partial charge on any atom is -0.334 e. The van der Waals surface area contributed by atoms with Crippen molar-refractivity contribution in [1.82, 2.24) is 25.3 Å². The van der Waals surface area contributed by atoms with Crippen molar-refractivity contribution in [3.8, 4) is 11.3 Å². The maximum atomic E-state index is 11.6. The normalized spacial score (nSPS) is 10.4. The molecule has 0 saturated heterocycles. The number of hydrogen-bond acceptors (Lipinski definition) is 6. The highest BCUT2D eigenvalue weighted by atomic mass is 32.1. The monoisotopic (exact) mass is 312 g/mol. The van der Waals surface area contributed by atoms with E-state index in [0.29, 0.717) is 17.2 Å². The largest absolute Gasteiger partial charge is 0.334 e. The predicted molar refractivity (Wildman–Crippen MR) is 85.7 cm³/mol. The molecule has 0 saturated carbocycles. The minimum atomic E-state index is -0.326. The molecule has 7 nitrogen and oxygen atoms in total. The van der Waals surface area contributed by atoms with E-state index in [9.17, 15) is 4.79 Å². The van der Waals surface area contributed by atoms with Gasteiger partial charge in [-0.15, -0.1) is 6.58 Å². The van der Waals surface area contributed by atoms with E-state index in [1.165, 1.54) is 11.3 Å². The summed E-state index contributed by atoms with van der Waals surface area (Å²) in [5.74, 6) is 0. The van der Waals surface area contributed by atoms with Crippen molar-refractivity contribution in [3.63, 3.8) is 0 Å². The van der Waals surface area contributed by atoms with Crippen LogP contribution in [-0.4, -0.2) is 32.5 Å².